The molecule has 0 aliphatic rings. The Bertz CT molecular complexity index is 914. The van der Waals surface area contributed by atoms with Crippen molar-refractivity contribution in [3.05, 3.63) is 77.0 Å². The lowest BCUT2D eigenvalue weighted by Crippen LogP contribution is -2.22. The summed E-state index contributed by atoms with van der Waals surface area (Å²) in [6, 6.07) is 16.1. The summed E-state index contributed by atoms with van der Waals surface area (Å²) in [5, 5.41) is 7.18. The van der Waals surface area contributed by atoms with Crippen molar-refractivity contribution in [1.82, 2.24) is 9.78 Å². The molecular weight excluding hydrogens is 338 g/mol. The van der Waals surface area contributed by atoms with Gasteiger partial charge in [-0.2, -0.15) is 5.10 Å². The number of nitrogens with zero attached hydrogens (tertiary/aromatic N) is 2. The second-order valence-corrected chi connectivity index (χ2v) is 6.65. The van der Waals surface area contributed by atoms with E-state index < -0.39 is 0 Å². The summed E-state index contributed by atoms with van der Waals surface area (Å²) in [6.07, 6.45) is 2.70. The summed E-state index contributed by atoms with van der Waals surface area (Å²) < 4.78 is 7.42. The van der Waals surface area contributed by atoms with Gasteiger partial charge in [0.1, 0.15) is 11.6 Å². The number of anilines is 1. The highest BCUT2D eigenvalue weighted by atomic mass is 16.5. The van der Waals surface area contributed by atoms with Crippen molar-refractivity contribution in [3.8, 4) is 5.75 Å². The van der Waals surface area contributed by atoms with Crippen molar-refractivity contribution in [2.45, 2.75) is 33.7 Å². The quantitative estimate of drug-likeness (QED) is 0.687. The SMILES string of the molecule is CCc1ccc(Cn2nccc2NC(=O)COc2ccc(C)cc2C)cc1. The summed E-state index contributed by atoms with van der Waals surface area (Å²) >= 11 is 0. The normalized spacial score (nSPS) is 10.6. The van der Waals surface area contributed by atoms with Crippen LogP contribution in [0.25, 0.3) is 0 Å². The monoisotopic (exact) mass is 363 g/mol. The molecule has 5 nitrogen and oxygen atoms in total. The van der Waals surface area contributed by atoms with Crippen LogP contribution in [0, 0.1) is 13.8 Å². The number of carbonyl (C=O) groups is 1. The van der Waals surface area contributed by atoms with Crippen molar-refractivity contribution in [3.63, 3.8) is 0 Å². The number of aryl methyl sites for hydroxylation is 3. The minimum Gasteiger partial charge on any atom is -0.483 e. The fourth-order valence-corrected chi connectivity index (χ4v) is 2.90. The molecule has 1 heterocycles. The van der Waals surface area contributed by atoms with Gasteiger partial charge in [0.25, 0.3) is 5.91 Å². The zero-order valence-corrected chi connectivity index (χ0v) is 16.0. The third-order valence-corrected chi connectivity index (χ3v) is 4.44. The summed E-state index contributed by atoms with van der Waals surface area (Å²) in [6.45, 7) is 6.70. The summed E-state index contributed by atoms with van der Waals surface area (Å²) in [5.41, 5.74) is 4.62. The molecule has 0 saturated heterocycles. The van der Waals surface area contributed by atoms with Crippen molar-refractivity contribution in [2.24, 2.45) is 0 Å². The van der Waals surface area contributed by atoms with Gasteiger partial charge in [0.15, 0.2) is 6.61 Å². The van der Waals surface area contributed by atoms with E-state index in [4.69, 9.17) is 4.74 Å². The zero-order valence-electron chi connectivity index (χ0n) is 16.0. The smallest absolute Gasteiger partial charge is 0.263 e. The molecule has 0 fully saturated rings. The number of rotatable bonds is 7. The van der Waals surface area contributed by atoms with Gasteiger partial charge in [0, 0.05) is 6.07 Å². The van der Waals surface area contributed by atoms with Crippen LogP contribution in [0.2, 0.25) is 0 Å². The highest BCUT2D eigenvalue weighted by Gasteiger charge is 2.09. The zero-order chi connectivity index (χ0) is 19.2. The molecule has 0 aliphatic heterocycles. The summed E-state index contributed by atoms with van der Waals surface area (Å²) in [5.74, 6) is 1.17. The lowest BCUT2D eigenvalue weighted by molar-refractivity contribution is -0.118. The number of benzene rings is 2. The maximum atomic E-state index is 12.3. The maximum absolute atomic E-state index is 12.3. The average Bonchev–Trinajstić information content (AvgIpc) is 3.08. The maximum Gasteiger partial charge on any atom is 0.263 e. The molecule has 0 saturated carbocycles. The molecule has 1 amide bonds. The van der Waals surface area contributed by atoms with E-state index in [0.29, 0.717) is 12.4 Å². The van der Waals surface area contributed by atoms with Crippen molar-refractivity contribution >= 4 is 11.7 Å². The second-order valence-electron chi connectivity index (χ2n) is 6.65. The summed E-state index contributed by atoms with van der Waals surface area (Å²) in [7, 11) is 0. The number of nitrogens with one attached hydrogen (secondary N) is 1. The fraction of sp³-hybridized carbons (Fsp3) is 0.273. The van der Waals surface area contributed by atoms with Gasteiger partial charge in [-0.05, 0) is 43.0 Å². The Morgan fingerprint density at radius 3 is 2.52 bits per heavy atom. The van der Waals surface area contributed by atoms with E-state index in [1.807, 2.05) is 32.0 Å². The van der Waals surface area contributed by atoms with Gasteiger partial charge in [-0.25, -0.2) is 4.68 Å². The molecule has 0 unspecified atom stereocenters. The summed E-state index contributed by atoms with van der Waals surface area (Å²) in [4.78, 5) is 12.3. The lowest BCUT2D eigenvalue weighted by atomic mass is 10.1. The molecule has 2 aromatic carbocycles. The second kappa shape index (κ2) is 8.54. The standard InChI is InChI=1S/C22H25N3O2/c1-4-18-6-8-19(9-7-18)14-25-21(11-12-23-25)24-22(26)15-27-20-10-5-16(2)13-17(20)3/h5-13H,4,14-15H2,1-3H3,(H,24,26). The van der Waals surface area contributed by atoms with E-state index in [-0.39, 0.29) is 12.5 Å². The van der Waals surface area contributed by atoms with Gasteiger partial charge >= 0.3 is 0 Å². The average molecular weight is 363 g/mol. The van der Waals surface area contributed by atoms with Crippen LogP contribution in [0.3, 0.4) is 0 Å². The Morgan fingerprint density at radius 1 is 1.07 bits per heavy atom. The largest absolute Gasteiger partial charge is 0.483 e. The number of ether oxygens (including phenoxy) is 1. The molecule has 1 N–H and O–H groups in total. The number of carbonyl (C=O) groups excluding carboxylic acids is 1. The van der Waals surface area contributed by atoms with Gasteiger partial charge in [0.05, 0.1) is 12.7 Å². The first kappa shape index (κ1) is 18.7. The van der Waals surface area contributed by atoms with Crippen LogP contribution in [0.5, 0.6) is 5.75 Å². The van der Waals surface area contributed by atoms with Crippen molar-refractivity contribution < 1.29 is 9.53 Å². The highest BCUT2D eigenvalue weighted by Crippen LogP contribution is 2.18. The molecule has 0 aliphatic carbocycles. The van der Waals surface area contributed by atoms with Crippen LogP contribution in [0.4, 0.5) is 5.82 Å². The van der Waals surface area contributed by atoms with Crippen LogP contribution in [-0.2, 0) is 17.8 Å². The minimum absolute atomic E-state index is 0.0414. The number of hydrogen-bond donors (Lipinski definition) is 1. The van der Waals surface area contributed by atoms with E-state index in [0.717, 1.165) is 23.3 Å². The Balaban J connectivity index is 1.59. The molecule has 3 rings (SSSR count). The number of hydrogen-bond acceptors (Lipinski definition) is 3. The third-order valence-electron chi connectivity index (χ3n) is 4.44. The van der Waals surface area contributed by atoms with Crippen LogP contribution < -0.4 is 10.1 Å². The predicted octanol–water partition coefficient (Wildman–Crippen LogP) is 4.13. The first-order valence-electron chi connectivity index (χ1n) is 9.14. The first-order chi connectivity index (χ1) is 13.0. The fourth-order valence-electron chi connectivity index (χ4n) is 2.90. The topological polar surface area (TPSA) is 56.2 Å². The van der Waals surface area contributed by atoms with Crippen LogP contribution >= 0.6 is 0 Å². The molecular formula is C22H25N3O2. The van der Waals surface area contributed by atoms with Crippen LogP contribution in [0.1, 0.15) is 29.2 Å². The molecule has 3 aromatic rings. The molecule has 27 heavy (non-hydrogen) atoms. The Hall–Kier alpha value is -3.08. The van der Waals surface area contributed by atoms with Crippen molar-refractivity contribution in [1.29, 1.82) is 0 Å². The van der Waals surface area contributed by atoms with E-state index in [9.17, 15) is 4.79 Å². The first-order valence-corrected chi connectivity index (χ1v) is 9.14. The van der Waals surface area contributed by atoms with Gasteiger partial charge in [-0.1, -0.05) is 48.9 Å². The van der Waals surface area contributed by atoms with Crippen LogP contribution in [0.15, 0.2) is 54.7 Å². The Labute approximate surface area is 160 Å². The van der Waals surface area contributed by atoms with Gasteiger partial charge in [-0.15, -0.1) is 0 Å². The Kier molecular flexibility index (Phi) is 5.91. The molecule has 5 heteroatoms. The van der Waals surface area contributed by atoms with E-state index in [2.05, 4.69) is 41.6 Å². The molecule has 1 aromatic heterocycles. The van der Waals surface area contributed by atoms with Gasteiger partial charge in [0.2, 0.25) is 0 Å². The number of amides is 1. The predicted molar refractivity (Wildman–Crippen MR) is 107 cm³/mol. The minimum atomic E-state index is -0.210. The molecule has 0 radical (unpaired) electrons. The third kappa shape index (κ3) is 4.97. The molecule has 0 atom stereocenters. The van der Waals surface area contributed by atoms with Gasteiger partial charge in [-0.3, -0.25) is 4.79 Å². The van der Waals surface area contributed by atoms with Crippen LogP contribution in [-0.4, -0.2) is 22.3 Å². The van der Waals surface area contributed by atoms with Gasteiger partial charge < -0.3 is 10.1 Å². The molecule has 0 bridgehead atoms. The van der Waals surface area contributed by atoms with E-state index in [1.165, 1.54) is 11.1 Å². The van der Waals surface area contributed by atoms with Crippen molar-refractivity contribution in [2.75, 3.05) is 11.9 Å². The lowest BCUT2D eigenvalue weighted by Gasteiger charge is -2.12. The highest BCUT2D eigenvalue weighted by molar-refractivity contribution is 5.91. The van der Waals surface area contributed by atoms with E-state index >= 15 is 0 Å². The number of aromatic nitrogens is 2. The molecule has 140 valence electrons. The Morgan fingerprint density at radius 2 is 1.81 bits per heavy atom. The molecule has 0 spiro atoms. The van der Waals surface area contributed by atoms with E-state index in [1.54, 1.807) is 16.9 Å².